The average Bonchev–Trinajstić information content (AvgIpc) is 2.87. The minimum absolute atomic E-state index is 0.141. The van der Waals surface area contributed by atoms with E-state index in [0.29, 0.717) is 16.7 Å². The SMILES string of the molecule is Cc1cc2c(N=NC(=O)COc3ccc(Br)cc3)c(O)[nH]c2cc1Br. The van der Waals surface area contributed by atoms with Gasteiger partial charge in [0.2, 0.25) is 5.88 Å². The maximum Gasteiger partial charge on any atom is 0.302 e. The lowest BCUT2D eigenvalue weighted by Gasteiger charge is -2.02. The molecule has 25 heavy (non-hydrogen) atoms. The zero-order valence-electron chi connectivity index (χ0n) is 13.1. The predicted molar refractivity (Wildman–Crippen MR) is 102 cm³/mol. The van der Waals surface area contributed by atoms with Crippen LogP contribution in [0.2, 0.25) is 0 Å². The summed E-state index contributed by atoms with van der Waals surface area (Å²) in [6.07, 6.45) is 0. The van der Waals surface area contributed by atoms with E-state index >= 15 is 0 Å². The fourth-order valence-corrected chi connectivity index (χ4v) is 2.81. The number of aromatic amines is 1. The first-order valence-electron chi connectivity index (χ1n) is 7.28. The van der Waals surface area contributed by atoms with Gasteiger partial charge in [-0.1, -0.05) is 31.9 Å². The number of halogens is 2. The van der Waals surface area contributed by atoms with Crippen molar-refractivity contribution in [2.75, 3.05) is 6.61 Å². The summed E-state index contributed by atoms with van der Waals surface area (Å²) < 4.78 is 7.17. The number of nitrogens with zero attached hydrogens (tertiary/aromatic N) is 2. The number of benzene rings is 2. The molecule has 0 fully saturated rings. The summed E-state index contributed by atoms with van der Waals surface area (Å²) in [5.41, 5.74) is 1.90. The number of hydrogen-bond acceptors (Lipinski definition) is 4. The minimum atomic E-state index is -0.550. The third-order valence-electron chi connectivity index (χ3n) is 3.47. The molecule has 0 unspecified atom stereocenters. The number of fused-ring (bicyclic) bond motifs is 1. The van der Waals surface area contributed by atoms with Crippen LogP contribution in [0.25, 0.3) is 10.9 Å². The zero-order valence-corrected chi connectivity index (χ0v) is 16.3. The van der Waals surface area contributed by atoms with Crippen LogP contribution in [0.4, 0.5) is 5.69 Å². The molecule has 1 amide bonds. The molecule has 0 spiro atoms. The number of aryl methyl sites for hydroxylation is 1. The van der Waals surface area contributed by atoms with Gasteiger partial charge in [-0.3, -0.25) is 4.79 Å². The van der Waals surface area contributed by atoms with Crippen molar-refractivity contribution in [1.82, 2.24) is 4.98 Å². The van der Waals surface area contributed by atoms with Crippen LogP contribution in [0.1, 0.15) is 5.56 Å². The largest absolute Gasteiger partial charge is 0.493 e. The van der Waals surface area contributed by atoms with E-state index in [2.05, 4.69) is 47.1 Å². The first-order valence-corrected chi connectivity index (χ1v) is 8.86. The molecule has 1 aromatic heterocycles. The van der Waals surface area contributed by atoms with Gasteiger partial charge in [0.1, 0.15) is 5.75 Å². The van der Waals surface area contributed by atoms with Gasteiger partial charge in [0.15, 0.2) is 12.3 Å². The zero-order chi connectivity index (χ0) is 18.0. The Labute approximate surface area is 160 Å². The van der Waals surface area contributed by atoms with Crippen LogP contribution in [-0.4, -0.2) is 22.6 Å². The molecule has 0 saturated carbocycles. The van der Waals surface area contributed by atoms with Gasteiger partial charge in [0.05, 0.1) is 5.52 Å². The number of aromatic nitrogens is 1. The van der Waals surface area contributed by atoms with Crippen LogP contribution in [0.5, 0.6) is 11.6 Å². The van der Waals surface area contributed by atoms with E-state index in [9.17, 15) is 9.90 Å². The Hall–Kier alpha value is -2.19. The summed E-state index contributed by atoms with van der Waals surface area (Å²) in [4.78, 5) is 14.7. The van der Waals surface area contributed by atoms with Gasteiger partial charge >= 0.3 is 5.91 Å². The van der Waals surface area contributed by atoms with E-state index in [1.807, 2.05) is 31.2 Å². The molecule has 6 nitrogen and oxygen atoms in total. The van der Waals surface area contributed by atoms with E-state index < -0.39 is 5.91 Å². The van der Waals surface area contributed by atoms with Crippen LogP contribution >= 0.6 is 31.9 Å². The summed E-state index contributed by atoms with van der Waals surface area (Å²) in [5, 5.41) is 18.2. The lowest BCUT2D eigenvalue weighted by molar-refractivity contribution is -0.120. The fraction of sp³-hybridized carbons (Fsp3) is 0.118. The van der Waals surface area contributed by atoms with E-state index in [-0.39, 0.29) is 18.2 Å². The van der Waals surface area contributed by atoms with Gasteiger partial charge in [-0.2, -0.15) is 0 Å². The van der Waals surface area contributed by atoms with Crippen molar-refractivity contribution < 1.29 is 14.6 Å². The Balaban J connectivity index is 1.74. The number of rotatable bonds is 4. The molecular weight excluding hydrogens is 454 g/mol. The summed E-state index contributed by atoms with van der Waals surface area (Å²) in [5.74, 6) is -0.134. The molecule has 0 aliphatic heterocycles. The Morgan fingerprint density at radius 2 is 1.96 bits per heavy atom. The van der Waals surface area contributed by atoms with Gasteiger partial charge in [-0.15, -0.1) is 10.2 Å². The summed E-state index contributed by atoms with van der Waals surface area (Å²) in [6, 6.07) is 10.8. The molecule has 3 aromatic rings. The highest BCUT2D eigenvalue weighted by Crippen LogP contribution is 2.37. The monoisotopic (exact) mass is 465 g/mol. The molecule has 0 saturated heterocycles. The number of H-pyrrole nitrogens is 1. The Kier molecular flexibility index (Phi) is 5.19. The Bertz CT molecular complexity index is 965. The van der Waals surface area contributed by atoms with Crippen molar-refractivity contribution in [2.45, 2.75) is 6.92 Å². The lowest BCUT2D eigenvalue weighted by Crippen LogP contribution is -2.07. The molecule has 8 heteroatoms. The second kappa shape index (κ2) is 7.37. The van der Waals surface area contributed by atoms with E-state index in [0.717, 1.165) is 14.5 Å². The normalized spacial score (nSPS) is 11.3. The van der Waals surface area contributed by atoms with Gasteiger partial charge in [0, 0.05) is 14.3 Å². The Morgan fingerprint density at radius 1 is 1.24 bits per heavy atom. The topological polar surface area (TPSA) is 87.0 Å². The highest BCUT2D eigenvalue weighted by Gasteiger charge is 2.13. The number of carbonyl (C=O) groups is 1. The Morgan fingerprint density at radius 3 is 2.68 bits per heavy atom. The van der Waals surface area contributed by atoms with E-state index in [4.69, 9.17) is 4.74 Å². The quantitative estimate of drug-likeness (QED) is 0.505. The second-order valence-electron chi connectivity index (χ2n) is 5.31. The maximum absolute atomic E-state index is 11.9. The van der Waals surface area contributed by atoms with Gasteiger partial charge < -0.3 is 14.8 Å². The van der Waals surface area contributed by atoms with Crippen molar-refractivity contribution in [3.8, 4) is 11.6 Å². The van der Waals surface area contributed by atoms with Crippen molar-refractivity contribution in [3.63, 3.8) is 0 Å². The van der Waals surface area contributed by atoms with Crippen LogP contribution in [-0.2, 0) is 4.79 Å². The molecule has 0 bridgehead atoms. The minimum Gasteiger partial charge on any atom is -0.493 e. The molecule has 0 aliphatic rings. The third-order valence-corrected chi connectivity index (χ3v) is 4.85. The average molecular weight is 467 g/mol. The predicted octanol–water partition coefficient (Wildman–Crippen LogP) is 5.40. The van der Waals surface area contributed by atoms with E-state index in [1.165, 1.54) is 0 Å². The molecule has 2 N–H and O–H groups in total. The van der Waals surface area contributed by atoms with Crippen LogP contribution in [0, 0.1) is 6.92 Å². The van der Waals surface area contributed by atoms with Gasteiger partial charge in [0.25, 0.3) is 0 Å². The van der Waals surface area contributed by atoms with Crippen molar-refractivity contribution in [1.29, 1.82) is 0 Å². The molecule has 0 radical (unpaired) electrons. The number of nitrogens with one attached hydrogen (secondary N) is 1. The summed E-state index contributed by atoms with van der Waals surface area (Å²) in [7, 11) is 0. The maximum atomic E-state index is 11.9. The number of carbonyl (C=O) groups excluding carboxylic acids is 1. The van der Waals surface area contributed by atoms with Crippen LogP contribution in [0.3, 0.4) is 0 Å². The van der Waals surface area contributed by atoms with Crippen LogP contribution in [0.15, 0.2) is 55.6 Å². The van der Waals surface area contributed by atoms with Crippen molar-refractivity contribution >= 4 is 54.4 Å². The standard InChI is InChI=1S/C17H13Br2N3O3/c1-9-6-12-14(7-13(9)19)20-17(24)16(12)22-21-15(23)8-25-11-4-2-10(18)3-5-11/h2-7,20,24H,8H2,1H3. The number of ether oxygens (including phenoxy) is 1. The first-order chi connectivity index (χ1) is 11.9. The lowest BCUT2D eigenvalue weighted by atomic mass is 10.1. The molecule has 3 rings (SSSR count). The first kappa shape index (κ1) is 17.6. The number of azo groups is 1. The second-order valence-corrected chi connectivity index (χ2v) is 7.08. The van der Waals surface area contributed by atoms with Crippen molar-refractivity contribution in [3.05, 3.63) is 50.9 Å². The number of amides is 1. The number of aromatic hydroxyl groups is 1. The molecule has 2 aromatic carbocycles. The fourth-order valence-electron chi connectivity index (χ4n) is 2.21. The molecule has 128 valence electrons. The molecule has 0 aliphatic carbocycles. The molecule has 0 atom stereocenters. The highest BCUT2D eigenvalue weighted by molar-refractivity contribution is 9.10. The molecule has 1 heterocycles. The van der Waals surface area contributed by atoms with Gasteiger partial charge in [-0.05, 0) is 48.9 Å². The summed E-state index contributed by atoms with van der Waals surface area (Å²) in [6.45, 7) is 1.69. The smallest absolute Gasteiger partial charge is 0.302 e. The highest BCUT2D eigenvalue weighted by atomic mass is 79.9. The number of hydrogen-bond donors (Lipinski definition) is 2. The van der Waals surface area contributed by atoms with E-state index in [1.54, 1.807) is 12.1 Å². The van der Waals surface area contributed by atoms with Crippen LogP contribution < -0.4 is 4.74 Å². The third kappa shape index (κ3) is 4.08. The van der Waals surface area contributed by atoms with Gasteiger partial charge in [-0.25, -0.2) is 0 Å². The molecular formula is C17H13Br2N3O3. The summed E-state index contributed by atoms with van der Waals surface area (Å²) >= 11 is 6.75. The van der Waals surface area contributed by atoms with Crippen molar-refractivity contribution in [2.24, 2.45) is 10.2 Å².